The molecule has 0 unspecified atom stereocenters. The summed E-state index contributed by atoms with van der Waals surface area (Å²) in [5, 5.41) is 0. The standard InChI is InChI=1S/C17H19F2O2PS/c1-2-17(18,19)22(23,20-13-15-9-5-3-6-10-15)21-14-16-11-7-4-8-12-16/h3-12H,2,13-14H2,1H3. The van der Waals surface area contributed by atoms with Gasteiger partial charge in [0.05, 0.1) is 13.2 Å². The summed E-state index contributed by atoms with van der Waals surface area (Å²) in [6, 6.07) is 18.2. The van der Waals surface area contributed by atoms with Crippen LogP contribution in [0.25, 0.3) is 0 Å². The molecule has 2 nitrogen and oxygen atoms in total. The number of hydrogen-bond acceptors (Lipinski definition) is 3. The summed E-state index contributed by atoms with van der Waals surface area (Å²) in [5.74, 6) is 0. The lowest BCUT2D eigenvalue weighted by molar-refractivity contribution is 0.0490. The van der Waals surface area contributed by atoms with Crippen LogP contribution in [0, 0.1) is 0 Å². The van der Waals surface area contributed by atoms with Crippen molar-refractivity contribution in [3.05, 3.63) is 71.8 Å². The maximum Gasteiger partial charge on any atom is 0.320 e. The third-order valence-corrected chi connectivity index (χ3v) is 6.80. The van der Waals surface area contributed by atoms with Crippen LogP contribution >= 0.6 is 6.49 Å². The Morgan fingerprint density at radius 2 is 1.26 bits per heavy atom. The van der Waals surface area contributed by atoms with E-state index in [1.807, 2.05) is 36.4 Å². The van der Waals surface area contributed by atoms with E-state index in [0.29, 0.717) is 0 Å². The molecule has 0 fully saturated rings. The Morgan fingerprint density at radius 1 is 0.870 bits per heavy atom. The summed E-state index contributed by atoms with van der Waals surface area (Å²) in [6.07, 6.45) is -0.409. The average Bonchev–Trinajstić information content (AvgIpc) is 2.60. The molecule has 23 heavy (non-hydrogen) atoms. The fraction of sp³-hybridized carbons (Fsp3) is 0.294. The predicted molar refractivity (Wildman–Crippen MR) is 92.0 cm³/mol. The van der Waals surface area contributed by atoms with Gasteiger partial charge in [-0.05, 0) is 22.9 Å². The van der Waals surface area contributed by atoms with Crippen LogP contribution in [-0.2, 0) is 34.1 Å². The highest BCUT2D eigenvalue weighted by Crippen LogP contribution is 2.64. The monoisotopic (exact) mass is 356 g/mol. The van der Waals surface area contributed by atoms with Crippen molar-refractivity contribution in [2.45, 2.75) is 32.2 Å². The molecular weight excluding hydrogens is 337 g/mol. The van der Waals surface area contributed by atoms with Crippen molar-refractivity contribution in [2.24, 2.45) is 0 Å². The molecule has 0 N–H and O–H groups in total. The lowest BCUT2D eigenvalue weighted by Gasteiger charge is -2.29. The van der Waals surface area contributed by atoms with Gasteiger partial charge >= 0.3 is 5.66 Å². The van der Waals surface area contributed by atoms with Gasteiger partial charge in [-0.25, -0.2) is 0 Å². The predicted octanol–water partition coefficient (Wildman–Crippen LogP) is 5.73. The molecule has 2 rings (SSSR count). The van der Waals surface area contributed by atoms with Crippen molar-refractivity contribution in [3.63, 3.8) is 0 Å². The molecule has 0 radical (unpaired) electrons. The molecule has 0 aliphatic carbocycles. The molecule has 0 aliphatic heterocycles. The van der Waals surface area contributed by atoms with Gasteiger partial charge in [-0.3, -0.25) is 0 Å². The van der Waals surface area contributed by atoms with Crippen LogP contribution < -0.4 is 0 Å². The zero-order chi connectivity index (χ0) is 16.8. The highest BCUT2D eigenvalue weighted by atomic mass is 32.5. The van der Waals surface area contributed by atoms with Gasteiger partial charge in [-0.15, -0.1) is 0 Å². The summed E-state index contributed by atoms with van der Waals surface area (Å²) < 4.78 is 39.5. The van der Waals surface area contributed by atoms with Crippen molar-refractivity contribution in [2.75, 3.05) is 0 Å². The largest absolute Gasteiger partial charge is 0.320 e. The zero-order valence-corrected chi connectivity index (χ0v) is 14.5. The number of benzene rings is 2. The van der Waals surface area contributed by atoms with Gasteiger partial charge < -0.3 is 9.05 Å². The topological polar surface area (TPSA) is 18.5 Å². The first kappa shape index (κ1) is 18.2. The second-order valence-corrected chi connectivity index (χ2v) is 8.64. The van der Waals surface area contributed by atoms with Crippen LogP contribution in [-0.4, -0.2) is 5.66 Å². The minimum atomic E-state index is -3.75. The van der Waals surface area contributed by atoms with Gasteiger partial charge in [0.2, 0.25) is 0 Å². The highest BCUT2D eigenvalue weighted by Gasteiger charge is 2.47. The minimum absolute atomic E-state index is 0.0164. The third-order valence-electron chi connectivity index (χ3n) is 3.31. The number of hydrogen-bond donors (Lipinski definition) is 0. The van der Waals surface area contributed by atoms with Gasteiger partial charge in [-0.2, -0.15) is 8.78 Å². The first-order chi connectivity index (χ1) is 11.0. The molecule has 0 saturated heterocycles. The third kappa shape index (κ3) is 4.92. The Balaban J connectivity index is 2.10. The fourth-order valence-electron chi connectivity index (χ4n) is 1.89. The van der Waals surface area contributed by atoms with Gasteiger partial charge in [-0.1, -0.05) is 67.6 Å². The Labute approximate surface area is 140 Å². The zero-order valence-electron chi connectivity index (χ0n) is 12.8. The van der Waals surface area contributed by atoms with E-state index in [2.05, 4.69) is 0 Å². The van der Waals surface area contributed by atoms with E-state index in [0.717, 1.165) is 11.1 Å². The van der Waals surface area contributed by atoms with Crippen LogP contribution in [0.5, 0.6) is 0 Å². The summed E-state index contributed by atoms with van der Waals surface area (Å²) >= 11 is 5.15. The average molecular weight is 356 g/mol. The first-order valence-electron chi connectivity index (χ1n) is 7.32. The molecule has 0 bridgehead atoms. The molecule has 0 atom stereocenters. The molecule has 0 heterocycles. The molecule has 6 heteroatoms. The fourth-order valence-corrected chi connectivity index (χ4v) is 4.07. The Bertz CT molecular complexity index is 603. The summed E-state index contributed by atoms with van der Waals surface area (Å²) in [5.41, 5.74) is -1.58. The smallest absolute Gasteiger partial charge is 0.320 e. The lowest BCUT2D eigenvalue weighted by atomic mass is 10.2. The van der Waals surface area contributed by atoms with E-state index in [-0.39, 0.29) is 13.2 Å². The number of alkyl halides is 2. The normalized spacial score (nSPS) is 12.3. The minimum Gasteiger partial charge on any atom is -0.320 e. The maximum absolute atomic E-state index is 14.3. The molecule has 0 spiro atoms. The molecular formula is C17H19F2O2PS. The van der Waals surface area contributed by atoms with Gasteiger partial charge in [0.15, 0.2) is 0 Å². The van der Waals surface area contributed by atoms with Crippen LogP contribution in [0.4, 0.5) is 8.78 Å². The SMILES string of the molecule is CCC(F)(F)P(=S)(OCc1ccccc1)OCc1ccccc1. The van der Waals surface area contributed by atoms with Gasteiger partial charge in [0.1, 0.15) is 0 Å². The molecule has 124 valence electrons. The summed E-state index contributed by atoms with van der Waals surface area (Å²) in [6.45, 7) is -2.33. The van der Waals surface area contributed by atoms with Crippen LogP contribution in [0.1, 0.15) is 24.5 Å². The van der Waals surface area contributed by atoms with E-state index in [4.69, 9.17) is 20.9 Å². The van der Waals surface area contributed by atoms with Crippen molar-refractivity contribution in [3.8, 4) is 0 Å². The lowest BCUT2D eigenvalue weighted by Crippen LogP contribution is -2.19. The Hall–Kier alpha value is -1.13. The van der Waals surface area contributed by atoms with Crippen LogP contribution in [0.2, 0.25) is 0 Å². The molecule has 0 amide bonds. The Morgan fingerprint density at radius 3 is 1.61 bits per heavy atom. The van der Waals surface area contributed by atoms with Crippen LogP contribution in [0.3, 0.4) is 0 Å². The quantitative estimate of drug-likeness (QED) is 0.563. The van der Waals surface area contributed by atoms with E-state index in [1.165, 1.54) is 6.92 Å². The molecule has 2 aromatic rings. The first-order valence-corrected chi connectivity index (χ1v) is 9.95. The van der Waals surface area contributed by atoms with E-state index in [9.17, 15) is 8.78 Å². The van der Waals surface area contributed by atoms with Gasteiger partial charge in [0.25, 0.3) is 6.49 Å². The summed E-state index contributed by atoms with van der Waals surface area (Å²) in [7, 11) is 0. The number of rotatable bonds is 8. The maximum atomic E-state index is 14.3. The highest BCUT2D eigenvalue weighted by molar-refractivity contribution is 8.10. The second-order valence-electron chi connectivity index (χ2n) is 5.03. The summed E-state index contributed by atoms with van der Waals surface area (Å²) in [4.78, 5) is 0. The van der Waals surface area contributed by atoms with Crippen molar-refractivity contribution < 1.29 is 17.8 Å². The van der Waals surface area contributed by atoms with Gasteiger partial charge in [0, 0.05) is 6.42 Å². The second kappa shape index (κ2) is 8.11. The van der Waals surface area contributed by atoms with Crippen LogP contribution in [0.15, 0.2) is 60.7 Å². The van der Waals surface area contributed by atoms with E-state index < -0.39 is 18.6 Å². The van der Waals surface area contributed by atoms with Crippen molar-refractivity contribution in [1.29, 1.82) is 0 Å². The molecule has 2 aromatic carbocycles. The van der Waals surface area contributed by atoms with E-state index in [1.54, 1.807) is 24.3 Å². The number of halogens is 2. The van der Waals surface area contributed by atoms with Crippen molar-refractivity contribution >= 4 is 18.3 Å². The van der Waals surface area contributed by atoms with E-state index >= 15 is 0 Å². The molecule has 0 saturated carbocycles. The van der Waals surface area contributed by atoms with Crippen molar-refractivity contribution in [1.82, 2.24) is 0 Å². The molecule has 0 aromatic heterocycles. The Kier molecular flexibility index (Phi) is 6.42. The molecule has 0 aliphatic rings.